The van der Waals surface area contributed by atoms with Gasteiger partial charge in [0.1, 0.15) is 11.5 Å². The lowest BCUT2D eigenvalue weighted by molar-refractivity contribution is -0.117. The van der Waals surface area contributed by atoms with Gasteiger partial charge in [-0.1, -0.05) is 12.8 Å². The van der Waals surface area contributed by atoms with Gasteiger partial charge in [0.15, 0.2) is 0 Å². The van der Waals surface area contributed by atoms with Crippen LogP contribution in [-0.4, -0.2) is 38.1 Å². The van der Waals surface area contributed by atoms with Crippen LogP contribution in [-0.2, 0) is 9.53 Å². The van der Waals surface area contributed by atoms with Crippen molar-refractivity contribution in [1.82, 2.24) is 5.32 Å². The van der Waals surface area contributed by atoms with Gasteiger partial charge in [0.05, 0.1) is 0 Å². The number of nitrogens with one attached hydrogen (secondary N) is 1. The fourth-order valence-electron chi connectivity index (χ4n) is 4.31. The molecule has 6 heteroatoms. The summed E-state index contributed by atoms with van der Waals surface area (Å²) in [6.07, 6.45) is 5.24. The Kier molecular flexibility index (Phi) is 8.28. The summed E-state index contributed by atoms with van der Waals surface area (Å²) >= 11 is 0. The molecule has 1 aliphatic rings. The Hall–Kier alpha value is -2.86. The van der Waals surface area contributed by atoms with Crippen LogP contribution in [0.25, 0.3) is 0 Å². The van der Waals surface area contributed by atoms with Gasteiger partial charge >= 0.3 is 0 Å². The van der Waals surface area contributed by atoms with Crippen molar-refractivity contribution in [3.63, 3.8) is 0 Å². The predicted molar refractivity (Wildman–Crippen MR) is 127 cm³/mol. The van der Waals surface area contributed by atoms with Crippen LogP contribution < -0.4 is 15.0 Å². The molecule has 2 aromatic carbocycles. The second-order valence-electron chi connectivity index (χ2n) is 8.46. The number of aryl methyl sites for hydroxylation is 2. The van der Waals surface area contributed by atoms with Crippen molar-refractivity contribution in [2.45, 2.75) is 58.9 Å². The van der Waals surface area contributed by atoms with Crippen LogP contribution in [0.15, 0.2) is 36.4 Å². The molecule has 0 spiro atoms. The lowest BCUT2D eigenvalue weighted by Gasteiger charge is -2.28. The maximum absolute atomic E-state index is 12.4. The van der Waals surface area contributed by atoms with Crippen molar-refractivity contribution in [2.24, 2.45) is 0 Å². The van der Waals surface area contributed by atoms with Crippen molar-refractivity contribution in [1.29, 1.82) is 0 Å². The van der Waals surface area contributed by atoms with Crippen molar-refractivity contribution in [3.8, 4) is 11.5 Å². The maximum atomic E-state index is 12.4. The van der Waals surface area contributed by atoms with E-state index in [9.17, 15) is 9.59 Å². The van der Waals surface area contributed by atoms with E-state index in [1.54, 1.807) is 20.1 Å². The zero-order chi connectivity index (χ0) is 23.1. The van der Waals surface area contributed by atoms with E-state index in [0.29, 0.717) is 24.5 Å². The van der Waals surface area contributed by atoms with Gasteiger partial charge in [-0.2, -0.15) is 0 Å². The topological polar surface area (TPSA) is 67.9 Å². The molecule has 0 unspecified atom stereocenters. The van der Waals surface area contributed by atoms with Gasteiger partial charge in [0, 0.05) is 44.5 Å². The maximum Gasteiger partial charge on any atom is 0.251 e. The third-order valence-electron chi connectivity index (χ3n) is 5.95. The Labute approximate surface area is 190 Å². The lowest BCUT2D eigenvalue weighted by atomic mass is 10.1. The number of nitrogens with zero attached hydrogens (tertiary/aromatic N) is 1. The van der Waals surface area contributed by atoms with Crippen molar-refractivity contribution in [3.05, 3.63) is 53.1 Å². The summed E-state index contributed by atoms with van der Waals surface area (Å²) in [6, 6.07) is 11.6. The predicted octanol–water partition coefficient (Wildman–Crippen LogP) is 5.16. The molecule has 1 fully saturated rings. The van der Waals surface area contributed by atoms with Gasteiger partial charge in [-0.05, 0) is 80.6 Å². The number of ether oxygens (including phenoxy) is 2. The molecule has 3 rings (SSSR count). The zero-order valence-corrected chi connectivity index (χ0v) is 19.6. The number of carbonyl (C=O) groups is 2. The summed E-state index contributed by atoms with van der Waals surface area (Å²) in [4.78, 5) is 26.6. The summed E-state index contributed by atoms with van der Waals surface area (Å²) in [6.45, 7) is 6.72. The normalized spacial score (nSPS) is 13.8. The Morgan fingerprint density at radius 2 is 1.81 bits per heavy atom. The number of amides is 2. The highest BCUT2D eigenvalue weighted by atomic mass is 16.5. The molecular weight excluding hydrogens is 404 g/mol. The molecule has 6 nitrogen and oxygen atoms in total. The second kappa shape index (κ2) is 11.1. The van der Waals surface area contributed by atoms with Crippen LogP contribution >= 0.6 is 0 Å². The molecule has 1 N–H and O–H groups in total. The molecule has 0 bridgehead atoms. The number of benzene rings is 2. The highest BCUT2D eigenvalue weighted by Crippen LogP contribution is 2.33. The van der Waals surface area contributed by atoms with Crippen LogP contribution in [0.3, 0.4) is 0 Å². The molecular formula is C26H34N2O4. The van der Waals surface area contributed by atoms with E-state index < -0.39 is 0 Å². The molecule has 0 aliphatic heterocycles. The van der Waals surface area contributed by atoms with E-state index in [-0.39, 0.29) is 17.9 Å². The molecule has 2 amide bonds. The number of anilines is 1. The van der Waals surface area contributed by atoms with Gasteiger partial charge in [0.2, 0.25) is 5.91 Å². The first-order valence-electron chi connectivity index (χ1n) is 11.4. The summed E-state index contributed by atoms with van der Waals surface area (Å²) in [5.74, 6) is 1.40. The van der Waals surface area contributed by atoms with Gasteiger partial charge in [0.25, 0.3) is 5.91 Å². The van der Waals surface area contributed by atoms with E-state index >= 15 is 0 Å². The first kappa shape index (κ1) is 23.8. The van der Waals surface area contributed by atoms with E-state index in [1.807, 2.05) is 49.1 Å². The molecule has 0 saturated heterocycles. The summed E-state index contributed by atoms with van der Waals surface area (Å²) in [7, 11) is 1.65. The first-order valence-corrected chi connectivity index (χ1v) is 11.4. The molecule has 0 radical (unpaired) electrons. The Morgan fingerprint density at radius 3 is 2.44 bits per heavy atom. The average molecular weight is 439 g/mol. The van der Waals surface area contributed by atoms with Gasteiger partial charge < -0.3 is 19.7 Å². The summed E-state index contributed by atoms with van der Waals surface area (Å²) in [5.41, 5.74) is 3.37. The molecule has 1 saturated carbocycles. The third kappa shape index (κ3) is 5.88. The second-order valence-corrected chi connectivity index (χ2v) is 8.46. The molecule has 172 valence electrons. The van der Waals surface area contributed by atoms with Gasteiger partial charge in [-0.3, -0.25) is 9.59 Å². The fourth-order valence-corrected chi connectivity index (χ4v) is 4.31. The first-order chi connectivity index (χ1) is 15.4. The van der Waals surface area contributed by atoms with Crippen LogP contribution in [0, 0.1) is 13.8 Å². The Morgan fingerprint density at radius 1 is 1.06 bits per heavy atom. The minimum atomic E-state index is -0.0954. The van der Waals surface area contributed by atoms with Crippen molar-refractivity contribution < 1.29 is 19.1 Å². The number of carbonyl (C=O) groups excluding carboxylic acids is 2. The molecule has 32 heavy (non-hydrogen) atoms. The number of hydrogen-bond donors (Lipinski definition) is 1. The lowest BCUT2D eigenvalue weighted by Crippen LogP contribution is -2.37. The van der Waals surface area contributed by atoms with Crippen LogP contribution in [0.5, 0.6) is 11.5 Å². The smallest absolute Gasteiger partial charge is 0.251 e. The SMILES string of the molecule is COCCCNC(=O)c1ccc(Oc2ccc(N(C(C)=O)C3CCCC3)cc2C)cc1C. The monoisotopic (exact) mass is 438 g/mol. The average Bonchev–Trinajstić information content (AvgIpc) is 3.27. The van der Waals surface area contributed by atoms with E-state index in [4.69, 9.17) is 9.47 Å². The van der Waals surface area contributed by atoms with Crippen LogP contribution in [0.2, 0.25) is 0 Å². The molecule has 2 aromatic rings. The largest absolute Gasteiger partial charge is 0.457 e. The quantitative estimate of drug-likeness (QED) is 0.549. The Bertz CT molecular complexity index is 951. The van der Waals surface area contributed by atoms with E-state index in [0.717, 1.165) is 41.8 Å². The standard InChI is InChI=1S/C26H34N2O4/c1-18-17-23(11-12-24(18)26(30)27-14-7-15-31-4)32-25-13-10-22(16-19(25)2)28(20(3)29)21-8-5-6-9-21/h10-13,16-17,21H,5-9,14-15H2,1-4H3,(H,27,30). The molecule has 0 aromatic heterocycles. The highest BCUT2D eigenvalue weighted by molar-refractivity contribution is 5.95. The summed E-state index contributed by atoms with van der Waals surface area (Å²) in [5, 5.41) is 2.91. The van der Waals surface area contributed by atoms with Crippen molar-refractivity contribution >= 4 is 17.5 Å². The highest BCUT2D eigenvalue weighted by Gasteiger charge is 2.26. The molecule has 0 atom stereocenters. The number of methoxy groups -OCH3 is 1. The zero-order valence-electron chi connectivity index (χ0n) is 19.6. The van der Waals surface area contributed by atoms with Crippen LogP contribution in [0.4, 0.5) is 5.69 Å². The van der Waals surface area contributed by atoms with Gasteiger partial charge in [-0.25, -0.2) is 0 Å². The number of rotatable bonds is 9. The Balaban J connectivity index is 1.70. The van der Waals surface area contributed by atoms with Gasteiger partial charge in [-0.15, -0.1) is 0 Å². The fraction of sp³-hybridized carbons (Fsp3) is 0.462. The van der Waals surface area contributed by atoms with E-state index in [2.05, 4.69) is 5.32 Å². The molecule has 1 aliphatic carbocycles. The third-order valence-corrected chi connectivity index (χ3v) is 5.95. The summed E-state index contributed by atoms with van der Waals surface area (Å²) < 4.78 is 11.1. The number of hydrogen-bond acceptors (Lipinski definition) is 4. The minimum Gasteiger partial charge on any atom is -0.457 e. The minimum absolute atomic E-state index is 0.0803. The van der Waals surface area contributed by atoms with E-state index in [1.165, 1.54) is 12.8 Å². The van der Waals surface area contributed by atoms with Crippen molar-refractivity contribution in [2.75, 3.05) is 25.2 Å². The molecule has 0 heterocycles. The van der Waals surface area contributed by atoms with Crippen LogP contribution in [0.1, 0.15) is 60.5 Å².